The van der Waals surface area contributed by atoms with Crippen LogP contribution in [0.5, 0.6) is 5.75 Å². The number of ether oxygens (including phenoxy) is 2. The Kier molecular flexibility index (Phi) is 7.44. The highest BCUT2D eigenvalue weighted by Gasteiger charge is 2.24. The highest BCUT2D eigenvalue weighted by atomic mass is 16.5. The fraction of sp³-hybridized carbons (Fsp3) is 0.478. The number of methoxy groups -OCH3 is 1. The zero-order valence-corrected chi connectivity index (χ0v) is 19.1. The van der Waals surface area contributed by atoms with Crippen molar-refractivity contribution in [3.8, 4) is 5.75 Å². The number of rotatable bonds is 7. The summed E-state index contributed by atoms with van der Waals surface area (Å²) in [6.07, 6.45) is 1.97. The van der Waals surface area contributed by atoms with E-state index in [9.17, 15) is 9.59 Å². The average Bonchev–Trinajstić information content (AvgIpc) is 2.75. The minimum atomic E-state index is -0.254. The summed E-state index contributed by atoms with van der Waals surface area (Å²) in [5.41, 5.74) is 4.56. The van der Waals surface area contributed by atoms with Crippen molar-refractivity contribution >= 4 is 24.9 Å². The summed E-state index contributed by atoms with van der Waals surface area (Å²) in [6, 6.07) is 6.22. The molecule has 2 N–H and O–H groups in total. The second-order valence-corrected chi connectivity index (χ2v) is 8.10. The summed E-state index contributed by atoms with van der Waals surface area (Å²) in [4.78, 5) is 30.6. The summed E-state index contributed by atoms with van der Waals surface area (Å²) in [7, 11) is 3.53. The number of aromatic amines is 1. The van der Waals surface area contributed by atoms with Gasteiger partial charge in [-0.2, -0.15) is 0 Å². The monoisotopic (exact) mass is 425 g/mol. The maximum atomic E-state index is 13.1. The molecule has 0 radical (unpaired) electrons. The molecule has 1 aromatic heterocycles. The number of nitrogens with zero attached hydrogens (tertiary/aromatic N) is 1. The fourth-order valence-electron chi connectivity index (χ4n) is 4.30. The van der Waals surface area contributed by atoms with E-state index in [1.807, 2.05) is 20.8 Å². The summed E-state index contributed by atoms with van der Waals surface area (Å²) < 4.78 is 10.9. The van der Waals surface area contributed by atoms with Crippen molar-refractivity contribution in [3.63, 3.8) is 0 Å². The SMILES string of the molecule is Bc1cc(C(=O)NCc2c(OC)cc(C)[nH]c2=O)c(C)c(N(CC)C2CCOCC2)c1. The third kappa shape index (κ3) is 5.13. The molecular weight excluding hydrogens is 393 g/mol. The van der Waals surface area contributed by atoms with Gasteiger partial charge in [-0.05, 0) is 51.3 Å². The van der Waals surface area contributed by atoms with Gasteiger partial charge in [-0.25, -0.2) is 0 Å². The smallest absolute Gasteiger partial charge is 0.256 e. The Morgan fingerprint density at radius 3 is 2.65 bits per heavy atom. The van der Waals surface area contributed by atoms with Crippen LogP contribution in [0.25, 0.3) is 0 Å². The number of nitrogens with one attached hydrogen (secondary N) is 2. The first-order valence-electron chi connectivity index (χ1n) is 10.9. The largest absolute Gasteiger partial charge is 0.496 e. The lowest BCUT2D eigenvalue weighted by Crippen LogP contribution is -2.40. The van der Waals surface area contributed by atoms with Gasteiger partial charge in [0.2, 0.25) is 0 Å². The normalized spacial score (nSPS) is 14.3. The van der Waals surface area contributed by atoms with E-state index in [1.54, 1.807) is 13.0 Å². The number of carbonyl (C=O) groups is 1. The second-order valence-electron chi connectivity index (χ2n) is 8.10. The molecule has 31 heavy (non-hydrogen) atoms. The van der Waals surface area contributed by atoms with Crippen molar-refractivity contribution in [2.45, 2.75) is 46.2 Å². The van der Waals surface area contributed by atoms with Gasteiger partial charge < -0.3 is 24.7 Å². The van der Waals surface area contributed by atoms with Crippen LogP contribution < -0.4 is 26.0 Å². The Bertz CT molecular complexity index is 999. The van der Waals surface area contributed by atoms with E-state index < -0.39 is 0 Å². The standard InChI is InChI=1S/C23H32BN3O4/c1-5-27(17-6-8-31-9-7-17)20-12-16(24)11-18(15(20)3)22(28)25-13-19-21(30-4)10-14(2)26-23(19)29/h10-12,17H,5-9,13,24H2,1-4H3,(H,25,28)(H,26,29). The molecule has 2 aromatic rings. The maximum absolute atomic E-state index is 13.1. The molecule has 0 atom stereocenters. The van der Waals surface area contributed by atoms with Crippen LogP contribution >= 0.6 is 0 Å². The average molecular weight is 425 g/mol. The van der Waals surface area contributed by atoms with Crippen molar-refractivity contribution in [3.05, 3.63) is 50.9 Å². The van der Waals surface area contributed by atoms with Gasteiger partial charge in [0, 0.05) is 42.7 Å². The van der Waals surface area contributed by atoms with Gasteiger partial charge in [-0.15, -0.1) is 0 Å². The Balaban J connectivity index is 1.86. The predicted octanol–water partition coefficient (Wildman–Crippen LogP) is 1.19. The fourth-order valence-corrected chi connectivity index (χ4v) is 4.30. The number of H-pyrrole nitrogens is 1. The summed E-state index contributed by atoms with van der Waals surface area (Å²) >= 11 is 0. The third-order valence-corrected chi connectivity index (χ3v) is 5.93. The van der Waals surface area contributed by atoms with Crippen molar-refractivity contribution in [1.82, 2.24) is 10.3 Å². The molecule has 0 spiro atoms. The summed E-state index contributed by atoms with van der Waals surface area (Å²) in [6.45, 7) is 8.43. The molecule has 1 amide bonds. The summed E-state index contributed by atoms with van der Waals surface area (Å²) in [5, 5.41) is 2.90. The third-order valence-electron chi connectivity index (χ3n) is 5.93. The van der Waals surface area contributed by atoms with Crippen LogP contribution in [0.1, 0.15) is 46.9 Å². The minimum absolute atomic E-state index is 0.0950. The molecule has 0 bridgehead atoms. The number of hydrogen-bond donors (Lipinski definition) is 2. The number of aryl methyl sites for hydroxylation is 1. The van der Waals surface area contributed by atoms with E-state index in [-0.39, 0.29) is 18.0 Å². The molecule has 0 aliphatic carbocycles. The molecule has 8 heteroatoms. The first-order chi connectivity index (χ1) is 14.8. The van der Waals surface area contributed by atoms with Crippen LogP contribution in [0, 0.1) is 13.8 Å². The molecule has 2 heterocycles. The van der Waals surface area contributed by atoms with E-state index in [1.165, 1.54) is 7.11 Å². The van der Waals surface area contributed by atoms with Gasteiger partial charge >= 0.3 is 0 Å². The van der Waals surface area contributed by atoms with Crippen LogP contribution in [-0.2, 0) is 11.3 Å². The molecule has 1 saturated heterocycles. The van der Waals surface area contributed by atoms with Crippen LogP contribution in [0.2, 0.25) is 0 Å². The van der Waals surface area contributed by atoms with Gasteiger partial charge in [-0.3, -0.25) is 9.59 Å². The molecular formula is C23H32BN3O4. The van der Waals surface area contributed by atoms with Crippen LogP contribution in [0.4, 0.5) is 5.69 Å². The van der Waals surface area contributed by atoms with Crippen LogP contribution in [0.3, 0.4) is 0 Å². The number of aromatic nitrogens is 1. The van der Waals surface area contributed by atoms with Crippen molar-refractivity contribution in [2.75, 3.05) is 31.8 Å². The highest BCUT2D eigenvalue weighted by Crippen LogP contribution is 2.27. The number of pyridine rings is 1. The van der Waals surface area contributed by atoms with Crippen molar-refractivity contribution in [2.24, 2.45) is 0 Å². The molecule has 1 aliphatic rings. The lowest BCUT2D eigenvalue weighted by atomic mass is 9.89. The minimum Gasteiger partial charge on any atom is -0.496 e. The quantitative estimate of drug-likeness (QED) is 0.652. The first kappa shape index (κ1) is 22.9. The zero-order chi connectivity index (χ0) is 22.5. The molecule has 1 aromatic carbocycles. The lowest BCUT2D eigenvalue weighted by molar-refractivity contribution is 0.0846. The second kappa shape index (κ2) is 10.0. The van der Waals surface area contributed by atoms with E-state index in [0.717, 1.165) is 49.3 Å². The molecule has 0 unspecified atom stereocenters. The highest BCUT2D eigenvalue weighted by molar-refractivity contribution is 6.33. The van der Waals surface area contributed by atoms with Gasteiger partial charge in [0.15, 0.2) is 0 Å². The van der Waals surface area contributed by atoms with Gasteiger partial charge in [0.05, 0.1) is 19.2 Å². The molecule has 0 saturated carbocycles. The number of hydrogen-bond acceptors (Lipinski definition) is 5. The first-order valence-corrected chi connectivity index (χ1v) is 10.9. The van der Waals surface area contributed by atoms with E-state index in [0.29, 0.717) is 28.6 Å². The Morgan fingerprint density at radius 2 is 2.00 bits per heavy atom. The van der Waals surface area contributed by atoms with Gasteiger partial charge in [-0.1, -0.05) is 11.5 Å². The van der Waals surface area contributed by atoms with Crippen molar-refractivity contribution in [1.29, 1.82) is 0 Å². The van der Waals surface area contributed by atoms with E-state index in [4.69, 9.17) is 9.47 Å². The van der Waals surface area contributed by atoms with E-state index in [2.05, 4.69) is 28.2 Å². The Labute approximate surface area is 184 Å². The molecule has 1 fully saturated rings. The summed E-state index contributed by atoms with van der Waals surface area (Å²) in [5.74, 6) is 0.271. The Morgan fingerprint density at radius 1 is 1.29 bits per heavy atom. The number of carbonyl (C=O) groups excluding carboxylic acids is 1. The van der Waals surface area contributed by atoms with Crippen LogP contribution in [0.15, 0.2) is 23.0 Å². The van der Waals surface area contributed by atoms with E-state index >= 15 is 0 Å². The Hall–Kier alpha value is -2.74. The molecule has 3 rings (SSSR count). The topological polar surface area (TPSA) is 83.7 Å². The van der Waals surface area contributed by atoms with Crippen molar-refractivity contribution < 1.29 is 14.3 Å². The van der Waals surface area contributed by atoms with Crippen LogP contribution in [-0.4, -0.2) is 51.6 Å². The predicted molar refractivity (Wildman–Crippen MR) is 126 cm³/mol. The van der Waals surface area contributed by atoms with Gasteiger partial charge in [0.25, 0.3) is 11.5 Å². The molecule has 7 nitrogen and oxygen atoms in total. The lowest BCUT2D eigenvalue weighted by Gasteiger charge is -2.36. The zero-order valence-electron chi connectivity index (χ0n) is 19.1. The number of amides is 1. The number of benzene rings is 1. The van der Waals surface area contributed by atoms with Gasteiger partial charge in [0.1, 0.15) is 13.6 Å². The maximum Gasteiger partial charge on any atom is 0.256 e. The molecule has 166 valence electrons. The molecule has 1 aliphatic heterocycles. The number of anilines is 1.